The summed E-state index contributed by atoms with van der Waals surface area (Å²) in [4.78, 5) is 1.28. The topological polar surface area (TPSA) is 50.5 Å². The Labute approximate surface area is 225 Å². The van der Waals surface area contributed by atoms with Crippen LogP contribution in [0.2, 0.25) is 0 Å². The van der Waals surface area contributed by atoms with E-state index in [0.29, 0.717) is 16.7 Å². The van der Waals surface area contributed by atoms with Gasteiger partial charge in [-0.1, -0.05) is 54.1 Å². The van der Waals surface area contributed by atoms with Gasteiger partial charge in [-0.05, 0) is 79.1 Å². The molecule has 0 aliphatic heterocycles. The summed E-state index contributed by atoms with van der Waals surface area (Å²) in [5.41, 5.74) is 4.79. The molecular formula is C29H28F3NO3S2. The van der Waals surface area contributed by atoms with E-state index < -0.39 is 22.0 Å². The maximum absolute atomic E-state index is 13.9. The molecule has 0 aliphatic rings. The van der Waals surface area contributed by atoms with Crippen LogP contribution in [0.5, 0.6) is 0 Å². The summed E-state index contributed by atoms with van der Waals surface area (Å²) in [6.07, 6.45) is -2.65. The number of aryl methyl sites for hydroxylation is 3. The van der Waals surface area contributed by atoms with Crippen LogP contribution in [0.25, 0.3) is 11.1 Å². The number of halogens is 3. The van der Waals surface area contributed by atoms with Crippen molar-refractivity contribution in [1.82, 2.24) is 4.31 Å². The van der Waals surface area contributed by atoms with Crippen molar-refractivity contribution in [3.63, 3.8) is 0 Å². The Bertz CT molecular complexity index is 1520. The van der Waals surface area contributed by atoms with Gasteiger partial charge in [0.05, 0.1) is 11.4 Å². The second-order valence-corrected chi connectivity index (χ2v) is 11.9. The molecule has 0 atom stereocenters. The lowest BCUT2D eigenvalue weighted by Crippen LogP contribution is -2.31. The monoisotopic (exact) mass is 559 g/mol. The lowest BCUT2D eigenvalue weighted by Gasteiger charge is -2.24. The Kier molecular flexibility index (Phi) is 8.11. The fourth-order valence-corrected chi connectivity index (χ4v) is 6.79. The zero-order valence-corrected chi connectivity index (χ0v) is 23.1. The van der Waals surface area contributed by atoms with Gasteiger partial charge >= 0.3 is 6.18 Å². The van der Waals surface area contributed by atoms with Gasteiger partial charge in [0.2, 0.25) is 15.8 Å². The quantitative estimate of drug-likeness (QED) is 0.205. The molecule has 0 radical (unpaired) electrons. The van der Waals surface area contributed by atoms with Crippen LogP contribution in [0, 0.1) is 20.8 Å². The van der Waals surface area contributed by atoms with Crippen molar-refractivity contribution >= 4 is 21.8 Å². The van der Waals surface area contributed by atoms with E-state index in [1.54, 1.807) is 37.7 Å². The van der Waals surface area contributed by atoms with Crippen molar-refractivity contribution in [2.45, 2.75) is 49.8 Å². The first-order chi connectivity index (χ1) is 17.9. The molecule has 9 heteroatoms. The highest BCUT2D eigenvalue weighted by Crippen LogP contribution is 2.33. The third kappa shape index (κ3) is 6.17. The third-order valence-corrected chi connectivity index (χ3v) is 9.01. The molecule has 3 aromatic carbocycles. The smallest absolute Gasteiger partial charge is 0.449 e. The molecule has 0 amide bonds. The van der Waals surface area contributed by atoms with E-state index in [1.165, 1.54) is 10.4 Å². The van der Waals surface area contributed by atoms with Crippen LogP contribution < -0.4 is 0 Å². The fourth-order valence-electron chi connectivity index (χ4n) is 4.53. The maximum atomic E-state index is 13.9. The molecule has 0 saturated heterocycles. The maximum Gasteiger partial charge on any atom is 0.449 e. The molecule has 0 fully saturated rings. The lowest BCUT2D eigenvalue weighted by molar-refractivity contribution is -0.153. The third-order valence-electron chi connectivity index (χ3n) is 6.19. The van der Waals surface area contributed by atoms with Crippen molar-refractivity contribution in [3.05, 3.63) is 107 Å². The molecule has 1 aromatic heterocycles. The second-order valence-electron chi connectivity index (χ2n) is 9.19. The van der Waals surface area contributed by atoms with Crippen molar-refractivity contribution in [2.24, 2.45) is 0 Å². The van der Waals surface area contributed by atoms with Crippen molar-refractivity contribution < 1.29 is 26.0 Å². The molecule has 0 N–H and O–H groups in total. The summed E-state index contributed by atoms with van der Waals surface area (Å²) in [6.45, 7) is 4.94. The van der Waals surface area contributed by atoms with Crippen LogP contribution in [-0.4, -0.2) is 19.0 Å². The number of rotatable bonds is 8. The standard InChI is InChI=1S/C29H28F3NO3S2/c1-19-14-20(2)28(21(3)15-19)38(34,35)33(18-25-12-13-27(36-25)29(30,31)32)17-22-8-10-23(11-9-22)24-6-5-7-26(16-24)37-4/h5-16H,17-18H2,1-4H3. The van der Waals surface area contributed by atoms with E-state index in [0.717, 1.165) is 27.7 Å². The summed E-state index contributed by atoms with van der Waals surface area (Å²) in [6, 6.07) is 21.1. The summed E-state index contributed by atoms with van der Waals surface area (Å²) in [5.74, 6) is -1.25. The summed E-state index contributed by atoms with van der Waals surface area (Å²) in [7, 11) is -4.08. The number of hydrogen-bond donors (Lipinski definition) is 0. The van der Waals surface area contributed by atoms with Crippen molar-refractivity contribution in [3.8, 4) is 11.1 Å². The van der Waals surface area contributed by atoms with Crippen LogP contribution in [0.4, 0.5) is 13.2 Å². The van der Waals surface area contributed by atoms with Crippen LogP contribution in [0.15, 0.2) is 87.0 Å². The van der Waals surface area contributed by atoms with E-state index in [-0.39, 0.29) is 23.7 Å². The predicted octanol–water partition coefficient (Wildman–Crippen LogP) is 8.00. The molecule has 0 aliphatic carbocycles. The average Bonchev–Trinajstić information content (AvgIpc) is 3.33. The van der Waals surface area contributed by atoms with E-state index in [1.807, 2.05) is 55.6 Å². The summed E-state index contributed by atoms with van der Waals surface area (Å²) >= 11 is 1.64. The number of thioether (sulfide) groups is 1. The normalized spacial score (nSPS) is 12.3. The van der Waals surface area contributed by atoms with Crippen LogP contribution in [-0.2, 0) is 29.3 Å². The zero-order valence-electron chi connectivity index (χ0n) is 21.5. The number of furan rings is 1. The summed E-state index contributed by atoms with van der Waals surface area (Å²) in [5, 5.41) is 0. The van der Waals surface area contributed by atoms with Gasteiger partial charge in [-0.2, -0.15) is 17.5 Å². The number of benzene rings is 3. The number of sulfonamides is 1. The van der Waals surface area contributed by atoms with E-state index in [2.05, 4.69) is 6.07 Å². The van der Waals surface area contributed by atoms with Gasteiger partial charge in [-0.3, -0.25) is 0 Å². The Balaban J connectivity index is 1.70. The Morgan fingerprint density at radius 3 is 2.08 bits per heavy atom. The lowest BCUT2D eigenvalue weighted by atomic mass is 10.0. The fraction of sp³-hybridized carbons (Fsp3) is 0.241. The SMILES string of the molecule is CSc1cccc(-c2ccc(CN(Cc3ccc(C(F)(F)F)o3)S(=O)(=O)c3c(C)cc(C)cc3C)cc2)c1. The molecule has 0 saturated carbocycles. The van der Waals surface area contributed by atoms with Gasteiger partial charge in [0.1, 0.15) is 5.76 Å². The average molecular weight is 560 g/mol. The highest BCUT2D eigenvalue weighted by Gasteiger charge is 2.36. The number of alkyl halides is 3. The van der Waals surface area contributed by atoms with Gasteiger partial charge in [-0.25, -0.2) is 8.42 Å². The van der Waals surface area contributed by atoms with Crippen molar-refractivity contribution in [1.29, 1.82) is 0 Å². The minimum absolute atomic E-state index is 0.0394. The molecule has 0 bridgehead atoms. The van der Waals surface area contributed by atoms with Gasteiger partial charge in [0.25, 0.3) is 0 Å². The molecule has 200 valence electrons. The number of hydrogen-bond acceptors (Lipinski definition) is 4. The molecule has 4 rings (SSSR count). The first kappa shape index (κ1) is 28.0. The first-order valence-electron chi connectivity index (χ1n) is 11.9. The largest absolute Gasteiger partial charge is 0.455 e. The Morgan fingerprint density at radius 1 is 0.842 bits per heavy atom. The minimum atomic E-state index is -4.66. The van der Waals surface area contributed by atoms with Gasteiger partial charge < -0.3 is 4.42 Å². The van der Waals surface area contributed by atoms with Crippen LogP contribution in [0.1, 0.15) is 33.8 Å². The molecule has 0 unspecified atom stereocenters. The Hall–Kier alpha value is -3.01. The minimum Gasteiger partial charge on any atom is -0.455 e. The second kappa shape index (κ2) is 11.0. The summed E-state index contributed by atoms with van der Waals surface area (Å²) < 4.78 is 73.4. The van der Waals surface area contributed by atoms with Crippen LogP contribution in [0.3, 0.4) is 0 Å². The molecule has 38 heavy (non-hydrogen) atoms. The molecule has 0 spiro atoms. The first-order valence-corrected chi connectivity index (χ1v) is 14.5. The molecule has 4 nitrogen and oxygen atoms in total. The molecular weight excluding hydrogens is 531 g/mol. The van der Waals surface area contributed by atoms with Gasteiger partial charge in [0.15, 0.2) is 0 Å². The van der Waals surface area contributed by atoms with Crippen LogP contribution >= 0.6 is 11.8 Å². The highest BCUT2D eigenvalue weighted by atomic mass is 32.2. The zero-order chi connectivity index (χ0) is 27.7. The Morgan fingerprint density at radius 2 is 1.50 bits per heavy atom. The van der Waals surface area contributed by atoms with E-state index in [4.69, 9.17) is 4.42 Å². The number of nitrogens with zero attached hydrogens (tertiary/aromatic N) is 1. The molecule has 4 aromatic rings. The predicted molar refractivity (Wildman–Crippen MR) is 144 cm³/mol. The van der Waals surface area contributed by atoms with E-state index in [9.17, 15) is 21.6 Å². The van der Waals surface area contributed by atoms with Gasteiger partial charge in [-0.15, -0.1) is 11.8 Å². The highest BCUT2D eigenvalue weighted by molar-refractivity contribution is 7.98. The van der Waals surface area contributed by atoms with Crippen molar-refractivity contribution in [2.75, 3.05) is 6.26 Å². The van der Waals surface area contributed by atoms with E-state index >= 15 is 0 Å². The molecule has 1 heterocycles. The van der Waals surface area contributed by atoms with Gasteiger partial charge in [0, 0.05) is 11.4 Å².